The van der Waals surface area contributed by atoms with Crippen molar-refractivity contribution < 1.29 is 31.5 Å². The van der Waals surface area contributed by atoms with Crippen molar-refractivity contribution in [1.29, 1.82) is 0 Å². The minimum atomic E-state index is -4.72. The lowest BCUT2D eigenvalue weighted by molar-refractivity contribution is -0.140. The number of rotatable bonds is 7. The molecular weight excluding hydrogens is 284 g/mol. The van der Waals surface area contributed by atoms with Crippen LogP contribution in [0.5, 0.6) is 0 Å². The molecule has 0 saturated carbocycles. The van der Waals surface area contributed by atoms with Gasteiger partial charge in [-0.15, -0.1) is 0 Å². The van der Waals surface area contributed by atoms with Crippen LogP contribution in [0.25, 0.3) is 0 Å². The summed E-state index contributed by atoms with van der Waals surface area (Å²) in [6.45, 7) is -0.00684. The van der Waals surface area contributed by atoms with Crippen molar-refractivity contribution in [2.24, 2.45) is 0 Å². The van der Waals surface area contributed by atoms with Gasteiger partial charge in [-0.2, -0.15) is 13.1 Å². The molecule has 1 heterocycles. The van der Waals surface area contributed by atoms with Crippen molar-refractivity contribution in [3.63, 3.8) is 0 Å². The maximum atomic E-state index is 12.6. The molecule has 1 fully saturated rings. The number of carbonyl (C=O) groups is 1. The quantitative estimate of drug-likeness (QED) is 0.643. The molecule has 1 aliphatic rings. The molecule has 1 aliphatic heterocycles. The van der Waals surface area contributed by atoms with Gasteiger partial charge < -0.3 is 9.47 Å². The summed E-state index contributed by atoms with van der Waals surface area (Å²) >= 11 is 0. The molecule has 19 heavy (non-hydrogen) atoms. The predicted molar refractivity (Wildman–Crippen MR) is 62.1 cm³/mol. The van der Waals surface area contributed by atoms with E-state index in [0.717, 1.165) is 13.5 Å². The van der Waals surface area contributed by atoms with Crippen LogP contribution < -0.4 is 0 Å². The van der Waals surface area contributed by atoms with Gasteiger partial charge in [-0.25, -0.2) is 8.42 Å². The van der Waals surface area contributed by atoms with Crippen LogP contribution in [0.1, 0.15) is 19.3 Å². The van der Waals surface area contributed by atoms with Gasteiger partial charge in [-0.05, 0) is 12.8 Å². The number of sulfonamides is 1. The van der Waals surface area contributed by atoms with Gasteiger partial charge in [0.15, 0.2) is 0 Å². The minimum Gasteiger partial charge on any atom is -0.469 e. The minimum absolute atomic E-state index is 0.163. The molecule has 0 bridgehead atoms. The molecule has 0 radical (unpaired) electrons. The van der Waals surface area contributed by atoms with E-state index < -0.39 is 27.9 Å². The zero-order valence-corrected chi connectivity index (χ0v) is 11.4. The highest BCUT2D eigenvalue weighted by atomic mass is 32.2. The molecule has 9 heteroatoms. The second-order valence-electron chi connectivity index (χ2n) is 4.12. The number of ether oxygens (including phenoxy) is 2. The van der Waals surface area contributed by atoms with Crippen LogP contribution in [0.15, 0.2) is 0 Å². The third-order valence-corrected chi connectivity index (χ3v) is 4.31. The molecule has 1 saturated heterocycles. The molecule has 6 nitrogen and oxygen atoms in total. The Labute approximate surface area is 110 Å². The van der Waals surface area contributed by atoms with Gasteiger partial charge >= 0.3 is 11.7 Å². The Morgan fingerprint density at radius 2 is 2.21 bits per heavy atom. The average Bonchev–Trinajstić information content (AvgIpc) is 2.86. The standard InChI is InChI=1S/C10H17F2NO5S/c1-17-9(14)4-5-13(19(15,16)10(11)12)7-8-3-2-6-18-8/h8,10H,2-7H2,1H3. The van der Waals surface area contributed by atoms with Crippen molar-refractivity contribution in [2.75, 3.05) is 26.8 Å². The Morgan fingerprint density at radius 1 is 1.53 bits per heavy atom. The lowest BCUT2D eigenvalue weighted by atomic mass is 10.2. The van der Waals surface area contributed by atoms with E-state index in [4.69, 9.17) is 4.74 Å². The third kappa shape index (κ3) is 4.66. The number of hydrogen-bond acceptors (Lipinski definition) is 5. The van der Waals surface area contributed by atoms with Gasteiger partial charge in [0.05, 0.1) is 19.6 Å². The zero-order valence-electron chi connectivity index (χ0n) is 10.5. The Morgan fingerprint density at radius 3 is 2.68 bits per heavy atom. The first kappa shape index (κ1) is 16.3. The van der Waals surface area contributed by atoms with Gasteiger partial charge in [0, 0.05) is 19.7 Å². The highest BCUT2D eigenvalue weighted by Gasteiger charge is 2.34. The molecule has 0 N–H and O–H groups in total. The van der Waals surface area contributed by atoms with Gasteiger partial charge in [0.25, 0.3) is 10.0 Å². The molecule has 1 unspecified atom stereocenters. The Kier molecular flexibility index (Phi) is 6.08. The molecule has 0 spiro atoms. The van der Waals surface area contributed by atoms with E-state index in [-0.39, 0.29) is 19.5 Å². The van der Waals surface area contributed by atoms with Gasteiger partial charge in [-0.1, -0.05) is 0 Å². The monoisotopic (exact) mass is 301 g/mol. The average molecular weight is 301 g/mol. The second kappa shape index (κ2) is 7.11. The third-order valence-electron chi connectivity index (χ3n) is 2.81. The molecule has 0 aromatic rings. The summed E-state index contributed by atoms with van der Waals surface area (Å²) in [4.78, 5) is 11.0. The highest BCUT2D eigenvalue weighted by Crippen LogP contribution is 2.18. The van der Waals surface area contributed by atoms with Crippen molar-refractivity contribution >= 4 is 16.0 Å². The maximum Gasteiger partial charge on any atom is 0.350 e. The molecule has 112 valence electrons. The fraction of sp³-hybridized carbons (Fsp3) is 0.900. The molecule has 1 rings (SSSR count). The van der Waals surface area contributed by atoms with E-state index in [9.17, 15) is 22.0 Å². The van der Waals surface area contributed by atoms with Crippen LogP contribution in [0.4, 0.5) is 8.78 Å². The highest BCUT2D eigenvalue weighted by molar-refractivity contribution is 7.89. The van der Waals surface area contributed by atoms with Crippen molar-refractivity contribution in [2.45, 2.75) is 31.1 Å². The molecule has 1 atom stereocenters. The van der Waals surface area contributed by atoms with Gasteiger partial charge in [-0.3, -0.25) is 4.79 Å². The summed E-state index contributed by atoms with van der Waals surface area (Å²) in [7, 11) is -3.57. The summed E-state index contributed by atoms with van der Waals surface area (Å²) in [6, 6.07) is 0. The van der Waals surface area contributed by atoms with Crippen molar-refractivity contribution in [3.05, 3.63) is 0 Å². The molecule has 0 aliphatic carbocycles. The Balaban J connectivity index is 2.69. The summed E-state index contributed by atoms with van der Waals surface area (Å²) < 4.78 is 58.3. The van der Waals surface area contributed by atoms with Crippen LogP contribution in [-0.2, 0) is 24.3 Å². The van der Waals surface area contributed by atoms with E-state index in [0.29, 0.717) is 17.3 Å². The number of nitrogens with zero attached hydrogens (tertiary/aromatic N) is 1. The lowest BCUT2D eigenvalue weighted by Crippen LogP contribution is -2.41. The zero-order chi connectivity index (χ0) is 14.5. The fourth-order valence-corrected chi connectivity index (χ4v) is 2.71. The van der Waals surface area contributed by atoms with Crippen LogP contribution in [0.2, 0.25) is 0 Å². The SMILES string of the molecule is COC(=O)CCN(CC1CCCO1)S(=O)(=O)C(F)F. The number of esters is 1. The largest absolute Gasteiger partial charge is 0.469 e. The van der Waals surface area contributed by atoms with E-state index in [1.807, 2.05) is 0 Å². The smallest absolute Gasteiger partial charge is 0.350 e. The summed E-state index contributed by atoms with van der Waals surface area (Å²) in [6.07, 6.45) is 0.721. The first-order valence-corrected chi connectivity index (χ1v) is 7.33. The molecule has 0 aromatic carbocycles. The van der Waals surface area contributed by atoms with Crippen LogP contribution in [0, 0.1) is 0 Å². The summed E-state index contributed by atoms with van der Waals surface area (Å²) in [5.41, 5.74) is 0. The first-order chi connectivity index (χ1) is 8.87. The van der Waals surface area contributed by atoms with Crippen molar-refractivity contribution in [3.8, 4) is 0 Å². The normalized spacial score (nSPS) is 20.2. The molecule has 0 amide bonds. The lowest BCUT2D eigenvalue weighted by Gasteiger charge is -2.23. The molecule has 0 aromatic heterocycles. The number of carbonyl (C=O) groups excluding carboxylic acids is 1. The fourth-order valence-electron chi connectivity index (χ4n) is 1.77. The van der Waals surface area contributed by atoms with E-state index in [1.165, 1.54) is 0 Å². The Hall–Kier alpha value is -0.800. The molecular formula is C10H17F2NO5S. The van der Waals surface area contributed by atoms with Crippen LogP contribution >= 0.6 is 0 Å². The van der Waals surface area contributed by atoms with Gasteiger partial charge in [0.2, 0.25) is 0 Å². The van der Waals surface area contributed by atoms with E-state index >= 15 is 0 Å². The van der Waals surface area contributed by atoms with Crippen molar-refractivity contribution in [1.82, 2.24) is 4.31 Å². The summed E-state index contributed by atoms with van der Waals surface area (Å²) in [5.74, 6) is -4.16. The van der Waals surface area contributed by atoms with Crippen LogP contribution in [-0.4, -0.2) is 57.4 Å². The van der Waals surface area contributed by atoms with Gasteiger partial charge in [0.1, 0.15) is 0 Å². The van der Waals surface area contributed by atoms with E-state index in [1.54, 1.807) is 0 Å². The van der Waals surface area contributed by atoms with E-state index in [2.05, 4.69) is 4.74 Å². The number of alkyl halides is 2. The number of methoxy groups -OCH3 is 1. The number of hydrogen-bond donors (Lipinski definition) is 0. The number of halogens is 2. The first-order valence-electron chi connectivity index (χ1n) is 5.83. The summed E-state index contributed by atoms with van der Waals surface area (Å²) in [5, 5.41) is 0. The predicted octanol–water partition coefficient (Wildman–Crippen LogP) is 0.583. The Bertz CT molecular complexity index is 395. The van der Waals surface area contributed by atoms with Crippen LogP contribution in [0.3, 0.4) is 0 Å². The maximum absolute atomic E-state index is 12.6. The second-order valence-corrected chi connectivity index (χ2v) is 6.03. The topological polar surface area (TPSA) is 72.9 Å².